The molecular formula is C20H21N3O2S. The number of aromatic nitrogens is 2. The first-order valence-electron chi connectivity index (χ1n) is 8.40. The molecule has 26 heavy (non-hydrogen) atoms. The SMILES string of the molecule is COc1ccc(C)cc1CCNC(=O)Cc1csc(-c2cccnc2)n1. The van der Waals surface area contributed by atoms with Crippen molar-refractivity contribution in [2.75, 3.05) is 13.7 Å². The second-order valence-electron chi connectivity index (χ2n) is 5.98. The van der Waals surface area contributed by atoms with E-state index >= 15 is 0 Å². The second-order valence-corrected chi connectivity index (χ2v) is 6.84. The summed E-state index contributed by atoms with van der Waals surface area (Å²) in [5, 5.41) is 5.76. The highest BCUT2D eigenvalue weighted by Gasteiger charge is 2.10. The smallest absolute Gasteiger partial charge is 0.226 e. The third-order valence-corrected chi connectivity index (χ3v) is 4.89. The van der Waals surface area contributed by atoms with E-state index in [4.69, 9.17) is 4.74 Å². The predicted octanol–water partition coefficient (Wildman–Crippen LogP) is 3.42. The summed E-state index contributed by atoms with van der Waals surface area (Å²) in [7, 11) is 1.66. The maximum absolute atomic E-state index is 12.2. The highest BCUT2D eigenvalue weighted by atomic mass is 32.1. The van der Waals surface area contributed by atoms with Gasteiger partial charge in [-0.15, -0.1) is 11.3 Å². The van der Waals surface area contributed by atoms with E-state index < -0.39 is 0 Å². The van der Waals surface area contributed by atoms with Crippen molar-refractivity contribution in [3.8, 4) is 16.3 Å². The lowest BCUT2D eigenvalue weighted by Gasteiger charge is -2.10. The normalized spacial score (nSPS) is 10.5. The van der Waals surface area contributed by atoms with Crippen LogP contribution in [0.3, 0.4) is 0 Å². The zero-order valence-electron chi connectivity index (χ0n) is 14.9. The minimum Gasteiger partial charge on any atom is -0.496 e. The molecule has 0 aliphatic carbocycles. The van der Waals surface area contributed by atoms with Crippen LogP contribution in [0.15, 0.2) is 48.1 Å². The van der Waals surface area contributed by atoms with Gasteiger partial charge in [0.2, 0.25) is 5.91 Å². The lowest BCUT2D eigenvalue weighted by Crippen LogP contribution is -2.27. The summed E-state index contributed by atoms with van der Waals surface area (Å²) >= 11 is 1.52. The Kier molecular flexibility index (Phi) is 5.96. The number of ether oxygens (including phenoxy) is 1. The maximum atomic E-state index is 12.2. The van der Waals surface area contributed by atoms with Gasteiger partial charge in [0.1, 0.15) is 10.8 Å². The fourth-order valence-corrected chi connectivity index (χ4v) is 3.49. The van der Waals surface area contributed by atoms with Crippen molar-refractivity contribution in [1.82, 2.24) is 15.3 Å². The average molecular weight is 367 g/mol. The zero-order valence-corrected chi connectivity index (χ0v) is 15.7. The van der Waals surface area contributed by atoms with Gasteiger partial charge >= 0.3 is 0 Å². The van der Waals surface area contributed by atoms with Crippen LogP contribution < -0.4 is 10.1 Å². The molecule has 1 aromatic carbocycles. The molecule has 2 heterocycles. The van der Waals surface area contributed by atoms with E-state index in [-0.39, 0.29) is 12.3 Å². The fourth-order valence-electron chi connectivity index (χ4n) is 2.68. The van der Waals surface area contributed by atoms with E-state index in [2.05, 4.69) is 21.4 Å². The molecule has 0 radical (unpaired) electrons. The highest BCUT2D eigenvalue weighted by Crippen LogP contribution is 2.23. The maximum Gasteiger partial charge on any atom is 0.226 e. The number of nitrogens with one attached hydrogen (secondary N) is 1. The number of carbonyl (C=O) groups is 1. The summed E-state index contributed by atoms with van der Waals surface area (Å²) in [4.78, 5) is 20.8. The van der Waals surface area contributed by atoms with Gasteiger partial charge in [0.05, 0.1) is 19.2 Å². The number of amides is 1. The van der Waals surface area contributed by atoms with Crippen LogP contribution in [0.2, 0.25) is 0 Å². The molecule has 0 atom stereocenters. The minimum absolute atomic E-state index is 0.0281. The van der Waals surface area contributed by atoms with E-state index in [0.717, 1.165) is 34.0 Å². The molecule has 3 aromatic rings. The summed E-state index contributed by atoms with van der Waals surface area (Å²) in [6.07, 6.45) is 4.52. The van der Waals surface area contributed by atoms with Crippen molar-refractivity contribution in [1.29, 1.82) is 0 Å². The Bertz CT molecular complexity index is 878. The molecule has 0 bridgehead atoms. The quantitative estimate of drug-likeness (QED) is 0.695. The van der Waals surface area contributed by atoms with Crippen LogP contribution >= 0.6 is 11.3 Å². The molecule has 1 amide bonds. The van der Waals surface area contributed by atoms with Crippen molar-refractivity contribution >= 4 is 17.2 Å². The number of rotatable bonds is 7. The summed E-state index contributed by atoms with van der Waals surface area (Å²) in [6, 6.07) is 9.91. The standard InChI is InChI=1S/C20H21N3O2S/c1-14-5-6-18(25-2)15(10-14)7-9-22-19(24)11-17-13-26-20(23-17)16-4-3-8-21-12-16/h3-6,8,10,12-13H,7,9,11H2,1-2H3,(H,22,24). The Hall–Kier alpha value is -2.73. The molecule has 2 aromatic heterocycles. The molecule has 1 N–H and O–H groups in total. The molecule has 6 heteroatoms. The number of nitrogens with zero attached hydrogens (tertiary/aromatic N) is 2. The van der Waals surface area contributed by atoms with Crippen molar-refractivity contribution in [2.45, 2.75) is 19.8 Å². The lowest BCUT2D eigenvalue weighted by molar-refractivity contribution is -0.120. The Labute approximate surface area is 157 Å². The van der Waals surface area contributed by atoms with Crippen molar-refractivity contribution < 1.29 is 9.53 Å². The van der Waals surface area contributed by atoms with E-state index in [9.17, 15) is 4.79 Å². The topological polar surface area (TPSA) is 64.1 Å². The zero-order chi connectivity index (χ0) is 18.4. The third-order valence-electron chi connectivity index (χ3n) is 3.95. The summed E-state index contributed by atoms with van der Waals surface area (Å²) in [5.74, 6) is 0.824. The molecule has 5 nitrogen and oxygen atoms in total. The Morgan fingerprint density at radius 3 is 2.96 bits per heavy atom. The van der Waals surface area contributed by atoms with Gasteiger partial charge in [-0.05, 0) is 37.1 Å². The first-order valence-corrected chi connectivity index (χ1v) is 9.28. The number of thiazole rings is 1. The number of aryl methyl sites for hydroxylation is 1. The Morgan fingerprint density at radius 2 is 2.19 bits per heavy atom. The molecule has 0 aliphatic rings. The van der Waals surface area contributed by atoms with Gasteiger partial charge in [0.25, 0.3) is 0 Å². The third kappa shape index (κ3) is 4.67. The van der Waals surface area contributed by atoms with Gasteiger partial charge in [-0.25, -0.2) is 4.98 Å². The summed E-state index contributed by atoms with van der Waals surface area (Å²) in [5.41, 5.74) is 4.02. The van der Waals surface area contributed by atoms with Crippen molar-refractivity contribution in [3.05, 3.63) is 64.9 Å². The van der Waals surface area contributed by atoms with Crippen molar-refractivity contribution in [3.63, 3.8) is 0 Å². The van der Waals surface area contributed by atoms with Gasteiger partial charge in [0.15, 0.2) is 0 Å². The van der Waals surface area contributed by atoms with Gasteiger partial charge in [-0.3, -0.25) is 9.78 Å². The van der Waals surface area contributed by atoms with Gasteiger partial charge in [-0.1, -0.05) is 17.7 Å². The first kappa shape index (κ1) is 18.1. The van der Waals surface area contributed by atoms with E-state index in [1.807, 2.05) is 36.6 Å². The summed E-state index contributed by atoms with van der Waals surface area (Å²) < 4.78 is 5.37. The second kappa shape index (κ2) is 8.58. The van der Waals surface area contributed by atoms with E-state index in [1.54, 1.807) is 19.5 Å². The van der Waals surface area contributed by atoms with Crippen molar-refractivity contribution in [2.24, 2.45) is 0 Å². The number of pyridine rings is 1. The number of hydrogen-bond donors (Lipinski definition) is 1. The average Bonchev–Trinajstić information content (AvgIpc) is 3.11. The summed E-state index contributed by atoms with van der Waals surface area (Å²) in [6.45, 7) is 2.61. The Morgan fingerprint density at radius 1 is 1.31 bits per heavy atom. The van der Waals surface area contributed by atoms with Gasteiger partial charge in [0, 0.05) is 29.9 Å². The van der Waals surface area contributed by atoms with Crippen LogP contribution in [0.5, 0.6) is 5.75 Å². The van der Waals surface area contributed by atoms with Gasteiger partial charge < -0.3 is 10.1 Å². The lowest BCUT2D eigenvalue weighted by atomic mass is 10.1. The van der Waals surface area contributed by atoms with E-state index in [0.29, 0.717) is 6.54 Å². The number of hydrogen-bond acceptors (Lipinski definition) is 5. The predicted molar refractivity (Wildman–Crippen MR) is 103 cm³/mol. The largest absolute Gasteiger partial charge is 0.496 e. The van der Waals surface area contributed by atoms with Crippen LogP contribution in [-0.2, 0) is 17.6 Å². The molecule has 0 saturated carbocycles. The number of methoxy groups -OCH3 is 1. The van der Waals surface area contributed by atoms with E-state index in [1.165, 1.54) is 16.9 Å². The molecular weight excluding hydrogens is 346 g/mol. The van der Waals surface area contributed by atoms with Crippen LogP contribution in [0.1, 0.15) is 16.8 Å². The van der Waals surface area contributed by atoms with Gasteiger partial charge in [-0.2, -0.15) is 0 Å². The van der Waals surface area contributed by atoms with Crippen LogP contribution in [-0.4, -0.2) is 29.5 Å². The molecule has 0 aliphatic heterocycles. The Balaban J connectivity index is 1.52. The monoisotopic (exact) mass is 367 g/mol. The molecule has 0 saturated heterocycles. The number of carbonyl (C=O) groups excluding carboxylic acids is 1. The van der Waals surface area contributed by atoms with Crippen LogP contribution in [0.4, 0.5) is 0 Å². The highest BCUT2D eigenvalue weighted by molar-refractivity contribution is 7.13. The first-order chi connectivity index (χ1) is 12.7. The molecule has 3 rings (SSSR count). The molecule has 0 fully saturated rings. The minimum atomic E-state index is -0.0281. The molecule has 134 valence electrons. The fraction of sp³-hybridized carbons (Fsp3) is 0.250. The van der Waals surface area contributed by atoms with Crippen LogP contribution in [0, 0.1) is 6.92 Å². The number of benzene rings is 1. The molecule has 0 spiro atoms. The molecule has 0 unspecified atom stereocenters. The van der Waals surface area contributed by atoms with Crippen LogP contribution in [0.25, 0.3) is 10.6 Å².